The van der Waals surface area contributed by atoms with Crippen molar-refractivity contribution in [1.29, 1.82) is 0 Å². The van der Waals surface area contributed by atoms with Gasteiger partial charge in [0.05, 0.1) is 7.11 Å². The Bertz CT molecular complexity index is 390. The molecular formula is C13H17ClO3. The summed E-state index contributed by atoms with van der Waals surface area (Å²) >= 11 is 5.90. The summed E-state index contributed by atoms with van der Waals surface area (Å²) in [6, 6.07) is 5.24. The minimum atomic E-state index is -0.399. The van der Waals surface area contributed by atoms with Crippen molar-refractivity contribution in [2.45, 2.75) is 26.4 Å². The molecule has 4 heteroatoms. The molecule has 1 aromatic carbocycles. The van der Waals surface area contributed by atoms with Gasteiger partial charge in [0.25, 0.3) is 0 Å². The van der Waals surface area contributed by atoms with Gasteiger partial charge in [-0.15, -0.1) is 0 Å². The van der Waals surface area contributed by atoms with Gasteiger partial charge >= 0.3 is 0 Å². The fourth-order valence-corrected chi connectivity index (χ4v) is 1.75. The summed E-state index contributed by atoms with van der Waals surface area (Å²) in [7, 11) is 1.57. The number of carbonyl (C=O) groups excluding carboxylic acids is 1. The molecule has 0 saturated carbocycles. The molecule has 0 aliphatic carbocycles. The monoisotopic (exact) mass is 256 g/mol. The number of hydrogen-bond acceptors (Lipinski definition) is 3. The van der Waals surface area contributed by atoms with Gasteiger partial charge in [-0.1, -0.05) is 11.6 Å². The first-order valence-corrected chi connectivity index (χ1v) is 5.93. The number of ketones is 1. The highest BCUT2D eigenvalue weighted by Gasteiger charge is 2.15. The van der Waals surface area contributed by atoms with Crippen LogP contribution in [-0.4, -0.2) is 25.6 Å². The standard InChI is InChI=1S/C13H17ClO3/c1-4-17-9(2)12(15)8-10-7-11(14)5-6-13(10)16-3/h5-7,9H,4,8H2,1-3H3. The van der Waals surface area contributed by atoms with E-state index in [0.29, 0.717) is 17.4 Å². The summed E-state index contributed by atoms with van der Waals surface area (Å²) < 4.78 is 10.4. The Morgan fingerprint density at radius 2 is 2.18 bits per heavy atom. The van der Waals surface area contributed by atoms with Crippen LogP contribution in [0.1, 0.15) is 19.4 Å². The Balaban J connectivity index is 2.79. The average Bonchev–Trinajstić information content (AvgIpc) is 2.29. The minimum absolute atomic E-state index is 0.0208. The zero-order chi connectivity index (χ0) is 12.8. The predicted octanol–water partition coefficient (Wildman–Crippen LogP) is 2.89. The van der Waals surface area contributed by atoms with Crippen LogP contribution in [0.2, 0.25) is 5.02 Å². The number of methoxy groups -OCH3 is 1. The summed E-state index contributed by atoms with van der Waals surface area (Å²) in [5.74, 6) is 0.693. The molecule has 3 nitrogen and oxygen atoms in total. The van der Waals surface area contributed by atoms with E-state index >= 15 is 0 Å². The molecule has 0 N–H and O–H groups in total. The van der Waals surface area contributed by atoms with Crippen LogP contribution in [-0.2, 0) is 16.0 Å². The second-order valence-corrected chi connectivity index (χ2v) is 4.13. The van der Waals surface area contributed by atoms with Gasteiger partial charge in [-0.3, -0.25) is 4.79 Å². The Morgan fingerprint density at radius 3 is 2.76 bits per heavy atom. The molecule has 0 saturated heterocycles. The maximum absolute atomic E-state index is 11.9. The van der Waals surface area contributed by atoms with E-state index in [-0.39, 0.29) is 12.2 Å². The molecule has 0 aliphatic rings. The van der Waals surface area contributed by atoms with E-state index in [0.717, 1.165) is 5.56 Å². The first-order valence-electron chi connectivity index (χ1n) is 5.55. The molecule has 0 amide bonds. The normalized spacial score (nSPS) is 12.2. The molecule has 1 atom stereocenters. The SMILES string of the molecule is CCOC(C)C(=O)Cc1cc(Cl)ccc1OC. The molecular weight excluding hydrogens is 240 g/mol. The highest BCUT2D eigenvalue weighted by Crippen LogP contribution is 2.23. The molecule has 0 aromatic heterocycles. The quantitative estimate of drug-likeness (QED) is 0.785. The van der Waals surface area contributed by atoms with Crippen molar-refractivity contribution in [2.24, 2.45) is 0 Å². The van der Waals surface area contributed by atoms with E-state index in [1.807, 2.05) is 6.92 Å². The van der Waals surface area contributed by atoms with Crippen LogP contribution in [0.5, 0.6) is 5.75 Å². The van der Waals surface area contributed by atoms with E-state index in [1.54, 1.807) is 32.2 Å². The Hall–Kier alpha value is -1.06. The lowest BCUT2D eigenvalue weighted by Gasteiger charge is -2.12. The third-order valence-corrected chi connectivity index (χ3v) is 2.71. The number of hydrogen-bond donors (Lipinski definition) is 0. The third-order valence-electron chi connectivity index (χ3n) is 2.48. The molecule has 0 spiro atoms. The lowest BCUT2D eigenvalue weighted by molar-refractivity contribution is -0.128. The highest BCUT2D eigenvalue weighted by atomic mass is 35.5. The van der Waals surface area contributed by atoms with Gasteiger partial charge in [0.15, 0.2) is 5.78 Å². The number of carbonyl (C=O) groups is 1. The Labute approximate surface area is 107 Å². The summed E-state index contributed by atoms with van der Waals surface area (Å²) in [6.45, 7) is 4.15. The maximum atomic E-state index is 11.9. The second kappa shape index (κ2) is 6.62. The van der Waals surface area contributed by atoms with Gasteiger partial charge in [-0.2, -0.15) is 0 Å². The number of ether oxygens (including phenoxy) is 2. The van der Waals surface area contributed by atoms with Crippen LogP contribution in [0.25, 0.3) is 0 Å². The van der Waals surface area contributed by atoms with E-state index in [1.165, 1.54) is 0 Å². The lowest BCUT2D eigenvalue weighted by Crippen LogP contribution is -2.22. The third kappa shape index (κ3) is 4.02. The zero-order valence-corrected chi connectivity index (χ0v) is 11.1. The van der Waals surface area contributed by atoms with E-state index in [2.05, 4.69) is 0 Å². The first kappa shape index (κ1) is 14.0. The van der Waals surface area contributed by atoms with Crippen molar-refractivity contribution in [2.75, 3.05) is 13.7 Å². The van der Waals surface area contributed by atoms with Crippen LogP contribution >= 0.6 is 11.6 Å². The first-order chi connectivity index (χ1) is 8.08. The van der Waals surface area contributed by atoms with Gasteiger partial charge in [0, 0.05) is 23.6 Å². The Kier molecular flexibility index (Phi) is 5.45. The molecule has 0 fully saturated rings. The molecule has 0 radical (unpaired) electrons. The smallest absolute Gasteiger partial charge is 0.165 e. The number of benzene rings is 1. The highest BCUT2D eigenvalue weighted by molar-refractivity contribution is 6.30. The van der Waals surface area contributed by atoms with Gasteiger partial charge in [-0.05, 0) is 32.0 Å². The van der Waals surface area contributed by atoms with Crippen molar-refractivity contribution in [3.8, 4) is 5.75 Å². The van der Waals surface area contributed by atoms with Crippen LogP contribution in [0.15, 0.2) is 18.2 Å². The molecule has 0 bridgehead atoms. The van der Waals surface area contributed by atoms with Crippen molar-refractivity contribution < 1.29 is 14.3 Å². The van der Waals surface area contributed by atoms with Gasteiger partial charge in [0.2, 0.25) is 0 Å². The van der Waals surface area contributed by atoms with Crippen molar-refractivity contribution in [3.63, 3.8) is 0 Å². The topological polar surface area (TPSA) is 35.5 Å². The number of rotatable bonds is 6. The number of Topliss-reactive ketones (excluding diaryl/α,β-unsaturated/α-hetero) is 1. The molecule has 0 heterocycles. The minimum Gasteiger partial charge on any atom is -0.496 e. The van der Waals surface area contributed by atoms with Crippen molar-refractivity contribution in [3.05, 3.63) is 28.8 Å². The molecule has 1 rings (SSSR count). The molecule has 0 aliphatic heterocycles. The van der Waals surface area contributed by atoms with E-state index in [9.17, 15) is 4.79 Å². The summed E-state index contributed by atoms with van der Waals surface area (Å²) in [6.07, 6.45) is -0.131. The molecule has 1 unspecified atom stereocenters. The zero-order valence-electron chi connectivity index (χ0n) is 10.3. The van der Waals surface area contributed by atoms with Gasteiger partial charge < -0.3 is 9.47 Å². The number of halogens is 1. The molecule has 17 heavy (non-hydrogen) atoms. The molecule has 94 valence electrons. The van der Waals surface area contributed by atoms with E-state index < -0.39 is 6.10 Å². The molecule has 1 aromatic rings. The van der Waals surface area contributed by atoms with Crippen molar-refractivity contribution >= 4 is 17.4 Å². The average molecular weight is 257 g/mol. The summed E-state index contributed by atoms with van der Waals surface area (Å²) in [4.78, 5) is 11.9. The van der Waals surface area contributed by atoms with E-state index in [4.69, 9.17) is 21.1 Å². The summed E-state index contributed by atoms with van der Waals surface area (Å²) in [5, 5.41) is 0.595. The fraction of sp³-hybridized carbons (Fsp3) is 0.462. The Morgan fingerprint density at radius 1 is 1.47 bits per heavy atom. The maximum Gasteiger partial charge on any atom is 0.165 e. The van der Waals surface area contributed by atoms with Crippen LogP contribution in [0.3, 0.4) is 0 Å². The summed E-state index contributed by atoms with van der Waals surface area (Å²) in [5.41, 5.74) is 0.788. The van der Waals surface area contributed by atoms with Crippen LogP contribution in [0.4, 0.5) is 0 Å². The van der Waals surface area contributed by atoms with Gasteiger partial charge in [0.1, 0.15) is 11.9 Å². The fourth-order valence-electron chi connectivity index (χ4n) is 1.56. The predicted molar refractivity (Wildman–Crippen MR) is 67.8 cm³/mol. The largest absolute Gasteiger partial charge is 0.496 e. The lowest BCUT2D eigenvalue weighted by atomic mass is 10.1. The second-order valence-electron chi connectivity index (χ2n) is 3.70. The van der Waals surface area contributed by atoms with Crippen LogP contribution < -0.4 is 4.74 Å². The van der Waals surface area contributed by atoms with Gasteiger partial charge in [-0.25, -0.2) is 0 Å². The van der Waals surface area contributed by atoms with Crippen molar-refractivity contribution in [1.82, 2.24) is 0 Å². The van der Waals surface area contributed by atoms with Crippen LogP contribution in [0, 0.1) is 0 Å².